The number of hydrogen-bond donors (Lipinski definition) is 0. The van der Waals surface area contributed by atoms with Gasteiger partial charge in [-0.1, -0.05) is 18.2 Å². The lowest BCUT2D eigenvalue weighted by Gasteiger charge is -2.34. The smallest absolute Gasteiger partial charge is 0.259 e. The van der Waals surface area contributed by atoms with Crippen LogP contribution in [0.2, 0.25) is 0 Å². The quantitative estimate of drug-likeness (QED) is 0.730. The van der Waals surface area contributed by atoms with Gasteiger partial charge in [0.1, 0.15) is 0 Å². The first-order valence-corrected chi connectivity index (χ1v) is 8.04. The van der Waals surface area contributed by atoms with Crippen LogP contribution < -0.4 is 4.90 Å². The average molecular weight is 318 g/mol. The second-order valence-corrected chi connectivity index (χ2v) is 6.08. The van der Waals surface area contributed by atoms with Gasteiger partial charge in [0, 0.05) is 36.5 Å². The lowest BCUT2D eigenvalue weighted by atomic mass is 9.97. The Hall–Kier alpha value is -2.95. The molecule has 5 nitrogen and oxygen atoms in total. The minimum atomic E-state index is -0.0215. The molecule has 0 bridgehead atoms. The van der Waals surface area contributed by atoms with E-state index in [9.17, 15) is 4.79 Å². The summed E-state index contributed by atoms with van der Waals surface area (Å²) in [5.41, 5.74) is 3.65. The third kappa shape index (κ3) is 2.58. The van der Waals surface area contributed by atoms with Gasteiger partial charge >= 0.3 is 0 Å². The van der Waals surface area contributed by atoms with Gasteiger partial charge in [0.25, 0.3) is 5.91 Å². The van der Waals surface area contributed by atoms with Gasteiger partial charge in [-0.05, 0) is 43.2 Å². The van der Waals surface area contributed by atoms with Crippen LogP contribution in [-0.4, -0.2) is 27.2 Å². The lowest BCUT2D eigenvalue weighted by Crippen LogP contribution is -2.41. The van der Waals surface area contributed by atoms with E-state index in [0.717, 1.165) is 23.4 Å². The number of rotatable bonds is 2. The van der Waals surface area contributed by atoms with E-state index in [1.807, 2.05) is 59.1 Å². The van der Waals surface area contributed by atoms with Gasteiger partial charge in [-0.15, -0.1) is 0 Å². The van der Waals surface area contributed by atoms with Crippen molar-refractivity contribution >= 4 is 11.6 Å². The molecule has 1 aliphatic rings. The SMILES string of the molecule is Cc1ccc(C(=O)N2C[C@@H](n3cccn3)Cc3ccccc32)cn1. The van der Waals surface area contributed by atoms with Crippen molar-refractivity contribution in [3.63, 3.8) is 0 Å². The Morgan fingerprint density at radius 2 is 2.04 bits per heavy atom. The third-order valence-corrected chi connectivity index (χ3v) is 4.43. The fraction of sp³-hybridized carbons (Fsp3) is 0.211. The van der Waals surface area contributed by atoms with E-state index < -0.39 is 0 Å². The number of aromatic nitrogens is 3. The molecule has 0 N–H and O–H groups in total. The lowest BCUT2D eigenvalue weighted by molar-refractivity contribution is 0.0979. The second-order valence-electron chi connectivity index (χ2n) is 6.08. The molecule has 0 unspecified atom stereocenters. The first-order chi connectivity index (χ1) is 11.7. The van der Waals surface area contributed by atoms with Crippen LogP contribution in [0.5, 0.6) is 0 Å². The number of carbonyl (C=O) groups excluding carboxylic acids is 1. The second kappa shape index (κ2) is 5.92. The molecule has 120 valence electrons. The van der Waals surface area contributed by atoms with E-state index in [-0.39, 0.29) is 11.9 Å². The topological polar surface area (TPSA) is 51.0 Å². The van der Waals surface area contributed by atoms with Crippen LogP contribution in [0.15, 0.2) is 61.1 Å². The highest BCUT2D eigenvalue weighted by atomic mass is 16.2. The molecule has 3 aromatic rings. The Morgan fingerprint density at radius 1 is 1.17 bits per heavy atom. The van der Waals surface area contributed by atoms with Crippen LogP contribution in [0.1, 0.15) is 27.7 Å². The van der Waals surface area contributed by atoms with Crippen molar-refractivity contribution in [2.75, 3.05) is 11.4 Å². The Morgan fingerprint density at radius 3 is 2.79 bits per heavy atom. The van der Waals surface area contributed by atoms with Gasteiger partial charge in [0.15, 0.2) is 0 Å². The summed E-state index contributed by atoms with van der Waals surface area (Å²) < 4.78 is 1.93. The van der Waals surface area contributed by atoms with Gasteiger partial charge < -0.3 is 4.90 Å². The summed E-state index contributed by atoms with van der Waals surface area (Å²) >= 11 is 0. The zero-order chi connectivity index (χ0) is 16.5. The van der Waals surface area contributed by atoms with Crippen molar-refractivity contribution in [2.45, 2.75) is 19.4 Å². The Kier molecular flexibility index (Phi) is 3.61. The highest BCUT2D eigenvalue weighted by Crippen LogP contribution is 2.32. The molecule has 1 atom stereocenters. The van der Waals surface area contributed by atoms with Gasteiger partial charge in [-0.25, -0.2) is 0 Å². The number of para-hydroxylation sites is 1. The van der Waals surface area contributed by atoms with E-state index in [1.165, 1.54) is 0 Å². The van der Waals surface area contributed by atoms with Crippen molar-refractivity contribution < 1.29 is 4.79 Å². The van der Waals surface area contributed by atoms with Crippen LogP contribution in [0.25, 0.3) is 0 Å². The number of nitrogens with zero attached hydrogens (tertiary/aromatic N) is 4. The van der Waals surface area contributed by atoms with Crippen LogP contribution in [0.4, 0.5) is 5.69 Å². The minimum Gasteiger partial charge on any atom is -0.306 e. The molecule has 0 fully saturated rings. The Balaban J connectivity index is 1.72. The summed E-state index contributed by atoms with van der Waals surface area (Å²) in [5, 5.41) is 4.36. The minimum absolute atomic E-state index is 0.0215. The van der Waals surface area contributed by atoms with E-state index in [0.29, 0.717) is 12.1 Å². The predicted molar refractivity (Wildman–Crippen MR) is 92.1 cm³/mol. The molecule has 4 rings (SSSR count). The number of anilines is 1. The Labute approximate surface area is 140 Å². The molecular weight excluding hydrogens is 300 g/mol. The summed E-state index contributed by atoms with van der Waals surface area (Å²) in [7, 11) is 0. The molecule has 1 aromatic carbocycles. The average Bonchev–Trinajstić information content (AvgIpc) is 3.15. The molecule has 1 amide bonds. The zero-order valence-corrected chi connectivity index (χ0v) is 13.5. The predicted octanol–water partition coefficient (Wildman–Crippen LogP) is 3.03. The van der Waals surface area contributed by atoms with Crippen molar-refractivity contribution in [1.82, 2.24) is 14.8 Å². The molecule has 0 spiro atoms. The maximum absolute atomic E-state index is 13.0. The summed E-state index contributed by atoms with van der Waals surface area (Å²) in [5.74, 6) is -0.0215. The normalized spacial score (nSPS) is 16.7. The van der Waals surface area contributed by atoms with Gasteiger partial charge in [0.05, 0.1) is 11.6 Å². The fourth-order valence-electron chi connectivity index (χ4n) is 3.19. The van der Waals surface area contributed by atoms with Crippen molar-refractivity contribution in [1.29, 1.82) is 0 Å². The standard InChI is InChI=1S/C19H18N4O/c1-14-7-8-16(12-20-14)19(24)22-13-17(23-10-4-9-21-23)11-15-5-2-3-6-18(15)22/h2-10,12,17H,11,13H2,1H3/t17-/m0/s1. The van der Waals surface area contributed by atoms with E-state index in [1.54, 1.807) is 12.4 Å². The number of carbonyl (C=O) groups is 1. The fourth-order valence-corrected chi connectivity index (χ4v) is 3.19. The maximum Gasteiger partial charge on any atom is 0.259 e. The molecule has 0 saturated carbocycles. The van der Waals surface area contributed by atoms with Crippen molar-refractivity contribution in [3.05, 3.63) is 77.9 Å². The number of aryl methyl sites for hydroxylation is 1. The summed E-state index contributed by atoms with van der Waals surface area (Å²) in [6.07, 6.45) is 6.25. The number of benzene rings is 1. The van der Waals surface area contributed by atoms with E-state index in [2.05, 4.69) is 16.1 Å². The van der Waals surface area contributed by atoms with Gasteiger partial charge in [0.2, 0.25) is 0 Å². The molecule has 24 heavy (non-hydrogen) atoms. The number of hydrogen-bond acceptors (Lipinski definition) is 3. The van der Waals surface area contributed by atoms with Crippen LogP contribution >= 0.6 is 0 Å². The highest BCUT2D eigenvalue weighted by Gasteiger charge is 2.30. The molecule has 0 radical (unpaired) electrons. The van der Waals surface area contributed by atoms with Crippen LogP contribution in [0.3, 0.4) is 0 Å². The molecule has 5 heteroatoms. The summed E-state index contributed by atoms with van der Waals surface area (Å²) in [4.78, 5) is 19.1. The van der Waals surface area contributed by atoms with Crippen molar-refractivity contribution in [3.8, 4) is 0 Å². The molecule has 0 saturated heterocycles. The van der Waals surface area contributed by atoms with Crippen LogP contribution in [-0.2, 0) is 6.42 Å². The van der Waals surface area contributed by atoms with Gasteiger partial charge in [-0.2, -0.15) is 5.10 Å². The maximum atomic E-state index is 13.0. The van der Waals surface area contributed by atoms with Gasteiger partial charge in [-0.3, -0.25) is 14.5 Å². The largest absolute Gasteiger partial charge is 0.306 e. The first-order valence-electron chi connectivity index (χ1n) is 8.04. The zero-order valence-electron chi connectivity index (χ0n) is 13.5. The third-order valence-electron chi connectivity index (χ3n) is 4.43. The monoisotopic (exact) mass is 318 g/mol. The Bertz CT molecular complexity index is 855. The molecule has 3 heterocycles. The number of amides is 1. The molecule has 0 aliphatic carbocycles. The first kappa shape index (κ1) is 14.6. The highest BCUT2D eigenvalue weighted by molar-refractivity contribution is 6.06. The molecular formula is C19H18N4O. The van der Waals surface area contributed by atoms with E-state index >= 15 is 0 Å². The molecule has 1 aliphatic heterocycles. The van der Waals surface area contributed by atoms with Crippen LogP contribution in [0, 0.1) is 6.92 Å². The van der Waals surface area contributed by atoms with E-state index in [4.69, 9.17) is 0 Å². The number of pyridine rings is 1. The van der Waals surface area contributed by atoms with Crippen molar-refractivity contribution in [2.24, 2.45) is 0 Å². The summed E-state index contributed by atoms with van der Waals surface area (Å²) in [6, 6.07) is 13.8. The molecule has 2 aromatic heterocycles. The number of fused-ring (bicyclic) bond motifs is 1. The summed E-state index contributed by atoms with van der Waals surface area (Å²) in [6.45, 7) is 2.52.